The number of aromatic nitrogens is 1. The van der Waals surface area contributed by atoms with Gasteiger partial charge in [-0.25, -0.2) is 9.37 Å². The van der Waals surface area contributed by atoms with Gasteiger partial charge in [-0.15, -0.1) is 0 Å². The van der Waals surface area contributed by atoms with Gasteiger partial charge in [-0.2, -0.15) is 5.26 Å². The third-order valence-corrected chi connectivity index (χ3v) is 2.99. The summed E-state index contributed by atoms with van der Waals surface area (Å²) in [7, 11) is 3.16. The maximum absolute atomic E-state index is 13.3. The quantitative estimate of drug-likeness (QED) is 0.939. The molecule has 0 spiro atoms. The number of anilines is 2. The van der Waals surface area contributed by atoms with Gasteiger partial charge in [-0.05, 0) is 24.3 Å². The Morgan fingerprint density at radius 2 is 2.19 bits per heavy atom. The number of nitriles is 1. The fraction of sp³-hybridized carbons (Fsp3) is 0.133. The molecular weight excluding hydrogens is 271 g/mol. The molecule has 2 aromatic rings. The summed E-state index contributed by atoms with van der Waals surface area (Å²) >= 11 is 0. The molecule has 1 heterocycles. The average Bonchev–Trinajstić information content (AvgIpc) is 2.53. The smallest absolute Gasteiger partial charge is 0.261 e. The zero-order valence-corrected chi connectivity index (χ0v) is 11.6. The zero-order chi connectivity index (χ0) is 15.4. The lowest BCUT2D eigenvalue weighted by molar-refractivity contribution is 0.0993. The molecule has 1 aromatic heterocycles. The minimum atomic E-state index is -0.587. The molecule has 0 aliphatic rings. The first-order valence-electron chi connectivity index (χ1n) is 6.18. The highest BCUT2D eigenvalue weighted by atomic mass is 19.1. The zero-order valence-electron chi connectivity index (χ0n) is 11.6. The first kappa shape index (κ1) is 14.5. The summed E-state index contributed by atoms with van der Waals surface area (Å²) in [4.78, 5) is 17.7. The van der Waals surface area contributed by atoms with Crippen molar-refractivity contribution in [3.63, 3.8) is 0 Å². The van der Waals surface area contributed by atoms with Gasteiger partial charge in [-0.1, -0.05) is 6.07 Å². The Bertz CT molecular complexity index is 724. The molecule has 0 bridgehead atoms. The van der Waals surface area contributed by atoms with E-state index in [0.717, 1.165) is 12.3 Å². The van der Waals surface area contributed by atoms with Gasteiger partial charge in [-0.3, -0.25) is 4.79 Å². The molecule has 1 N–H and O–H groups in total. The van der Waals surface area contributed by atoms with Crippen LogP contribution < -0.4 is 10.2 Å². The molecule has 1 aromatic carbocycles. The molecule has 5 nitrogen and oxygen atoms in total. The van der Waals surface area contributed by atoms with E-state index in [2.05, 4.69) is 10.3 Å². The SMILES string of the molecule is CNc1ncc(F)cc1C(=O)N(C)c1cccc(C#N)c1. The largest absolute Gasteiger partial charge is 0.372 e. The third kappa shape index (κ3) is 2.98. The first-order chi connectivity index (χ1) is 10.1. The molecule has 106 valence electrons. The van der Waals surface area contributed by atoms with Crippen LogP contribution in [0.3, 0.4) is 0 Å². The Balaban J connectivity index is 2.39. The lowest BCUT2D eigenvalue weighted by Crippen LogP contribution is -2.27. The Morgan fingerprint density at radius 3 is 2.86 bits per heavy atom. The molecule has 0 saturated heterocycles. The van der Waals surface area contributed by atoms with Gasteiger partial charge in [0.05, 0.1) is 23.4 Å². The monoisotopic (exact) mass is 284 g/mol. The van der Waals surface area contributed by atoms with Crippen molar-refractivity contribution < 1.29 is 9.18 Å². The van der Waals surface area contributed by atoms with Crippen LogP contribution in [0.5, 0.6) is 0 Å². The lowest BCUT2D eigenvalue weighted by atomic mass is 10.1. The predicted molar refractivity (Wildman–Crippen MR) is 77.6 cm³/mol. The van der Waals surface area contributed by atoms with Crippen LogP contribution in [0.15, 0.2) is 36.5 Å². The Kier molecular flexibility index (Phi) is 4.14. The maximum Gasteiger partial charge on any atom is 0.261 e. The standard InChI is InChI=1S/C15H13FN4O/c1-18-14-13(7-11(16)9-19-14)15(21)20(2)12-5-3-4-10(6-12)8-17/h3-7,9H,1-2H3,(H,18,19). The van der Waals surface area contributed by atoms with Crippen molar-refractivity contribution in [2.45, 2.75) is 0 Å². The second-order valence-electron chi connectivity index (χ2n) is 4.33. The molecule has 6 heteroatoms. The number of hydrogen-bond donors (Lipinski definition) is 1. The number of benzene rings is 1. The topological polar surface area (TPSA) is 69.0 Å². The number of rotatable bonds is 3. The van der Waals surface area contributed by atoms with E-state index in [1.54, 1.807) is 38.4 Å². The van der Waals surface area contributed by atoms with Crippen molar-refractivity contribution in [1.82, 2.24) is 4.98 Å². The maximum atomic E-state index is 13.3. The van der Waals surface area contributed by atoms with E-state index in [-0.39, 0.29) is 5.56 Å². The van der Waals surface area contributed by atoms with Gasteiger partial charge in [0.2, 0.25) is 0 Å². The Labute approximate surface area is 121 Å². The second kappa shape index (κ2) is 6.01. The number of carbonyl (C=O) groups is 1. The van der Waals surface area contributed by atoms with Crippen LogP contribution in [0.25, 0.3) is 0 Å². The summed E-state index contributed by atoms with van der Waals surface area (Å²) in [6.45, 7) is 0. The average molecular weight is 284 g/mol. The fourth-order valence-corrected chi connectivity index (χ4v) is 1.88. The summed E-state index contributed by atoms with van der Waals surface area (Å²) in [5, 5.41) is 11.6. The number of pyridine rings is 1. The van der Waals surface area contributed by atoms with E-state index in [0.29, 0.717) is 17.1 Å². The highest BCUT2D eigenvalue weighted by Gasteiger charge is 2.19. The van der Waals surface area contributed by atoms with Crippen LogP contribution in [0, 0.1) is 17.1 Å². The number of hydrogen-bond acceptors (Lipinski definition) is 4. The Hall–Kier alpha value is -2.94. The van der Waals surface area contributed by atoms with Crippen molar-refractivity contribution in [2.75, 3.05) is 24.3 Å². The molecule has 1 amide bonds. The van der Waals surface area contributed by atoms with E-state index in [9.17, 15) is 9.18 Å². The van der Waals surface area contributed by atoms with Gasteiger partial charge in [0.15, 0.2) is 0 Å². The van der Waals surface area contributed by atoms with Crippen LogP contribution in [0.4, 0.5) is 15.9 Å². The normalized spacial score (nSPS) is 9.81. The third-order valence-electron chi connectivity index (χ3n) is 2.99. The van der Waals surface area contributed by atoms with Gasteiger partial charge >= 0.3 is 0 Å². The molecule has 0 saturated carbocycles. The molecule has 0 aliphatic carbocycles. The van der Waals surface area contributed by atoms with Crippen molar-refractivity contribution in [2.24, 2.45) is 0 Å². The van der Waals surface area contributed by atoms with Crippen LogP contribution in [-0.2, 0) is 0 Å². The molecule has 0 unspecified atom stereocenters. The highest BCUT2D eigenvalue weighted by molar-refractivity contribution is 6.08. The predicted octanol–water partition coefficient (Wildman–Crippen LogP) is 2.41. The number of carbonyl (C=O) groups excluding carboxylic acids is 1. The van der Waals surface area contributed by atoms with Crippen molar-refractivity contribution in [3.05, 3.63) is 53.5 Å². The summed E-state index contributed by atoms with van der Waals surface area (Å²) in [6.07, 6.45) is 1.04. The van der Waals surface area contributed by atoms with Crippen molar-refractivity contribution in [1.29, 1.82) is 5.26 Å². The van der Waals surface area contributed by atoms with Crippen LogP contribution >= 0.6 is 0 Å². The Morgan fingerprint density at radius 1 is 1.43 bits per heavy atom. The number of halogens is 1. The van der Waals surface area contributed by atoms with Gasteiger partial charge in [0, 0.05) is 19.8 Å². The van der Waals surface area contributed by atoms with E-state index in [4.69, 9.17) is 5.26 Å². The highest BCUT2D eigenvalue weighted by Crippen LogP contribution is 2.20. The second-order valence-corrected chi connectivity index (χ2v) is 4.33. The van der Waals surface area contributed by atoms with E-state index >= 15 is 0 Å². The summed E-state index contributed by atoms with van der Waals surface area (Å²) in [5.74, 6) is -0.706. The van der Waals surface area contributed by atoms with Gasteiger partial charge < -0.3 is 10.2 Å². The van der Waals surface area contributed by atoms with Crippen LogP contribution in [0.1, 0.15) is 15.9 Å². The molecular formula is C15H13FN4O. The summed E-state index contributed by atoms with van der Waals surface area (Å²) < 4.78 is 13.3. The number of nitrogens with zero attached hydrogens (tertiary/aromatic N) is 3. The van der Waals surface area contributed by atoms with Crippen LogP contribution in [0.2, 0.25) is 0 Å². The number of amides is 1. The fourth-order valence-electron chi connectivity index (χ4n) is 1.88. The molecule has 0 radical (unpaired) electrons. The summed E-state index contributed by atoms with van der Waals surface area (Å²) in [6, 6.07) is 9.75. The minimum absolute atomic E-state index is 0.127. The minimum Gasteiger partial charge on any atom is -0.372 e. The van der Waals surface area contributed by atoms with Crippen molar-refractivity contribution in [3.8, 4) is 6.07 Å². The molecule has 21 heavy (non-hydrogen) atoms. The van der Waals surface area contributed by atoms with E-state index in [1.807, 2.05) is 6.07 Å². The van der Waals surface area contributed by atoms with Crippen LogP contribution in [-0.4, -0.2) is 25.0 Å². The molecule has 0 atom stereocenters. The molecule has 0 fully saturated rings. The van der Waals surface area contributed by atoms with Gasteiger partial charge in [0.25, 0.3) is 5.91 Å². The molecule has 2 rings (SSSR count). The van der Waals surface area contributed by atoms with E-state index in [1.165, 1.54) is 4.90 Å². The first-order valence-corrected chi connectivity index (χ1v) is 6.18. The van der Waals surface area contributed by atoms with Gasteiger partial charge in [0.1, 0.15) is 11.6 Å². The number of nitrogens with one attached hydrogen (secondary N) is 1. The lowest BCUT2D eigenvalue weighted by Gasteiger charge is -2.19. The van der Waals surface area contributed by atoms with E-state index < -0.39 is 11.7 Å². The van der Waals surface area contributed by atoms with Crippen molar-refractivity contribution >= 4 is 17.4 Å². The molecule has 0 aliphatic heterocycles. The summed E-state index contributed by atoms with van der Waals surface area (Å²) in [5.41, 5.74) is 1.12.